The van der Waals surface area contributed by atoms with Crippen LogP contribution in [0.3, 0.4) is 0 Å². The summed E-state index contributed by atoms with van der Waals surface area (Å²) in [6, 6.07) is 27.2. The van der Waals surface area contributed by atoms with Gasteiger partial charge >= 0.3 is 0 Å². The first-order valence-corrected chi connectivity index (χ1v) is 14.3. The fourth-order valence-electron chi connectivity index (χ4n) is 4.71. The predicted molar refractivity (Wildman–Crippen MR) is 172 cm³/mol. The van der Waals surface area contributed by atoms with Gasteiger partial charge in [0.2, 0.25) is 5.82 Å². The molecule has 0 radical (unpaired) electrons. The number of carbonyl (C=O) groups excluding carboxylic acids is 1. The van der Waals surface area contributed by atoms with Crippen LogP contribution >= 0.6 is 11.6 Å². The maximum absolute atomic E-state index is 13.6. The Bertz CT molecular complexity index is 2070. The van der Waals surface area contributed by atoms with Gasteiger partial charge in [0.1, 0.15) is 5.58 Å². The molecule has 1 N–H and O–H groups in total. The quantitative estimate of drug-likeness (QED) is 0.176. The Morgan fingerprint density at radius 1 is 1.02 bits per heavy atom. The smallest absolute Gasteiger partial charge is 0.282 e. The highest BCUT2D eigenvalue weighted by atomic mass is 35.5. The van der Waals surface area contributed by atoms with Crippen molar-refractivity contribution in [3.8, 4) is 23.1 Å². The molecule has 6 rings (SSSR count). The zero-order valence-electron chi connectivity index (χ0n) is 23.9. The van der Waals surface area contributed by atoms with Crippen molar-refractivity contribution >= 4 is 51.3 Å². The molecule has 9 nitrogen and oxygen atoms in total. The molecule has 2 aromatic heterocycles. The van der Waals surface area contributed by atoms with Gasteiger partial charge in [0.15, 0.2) is 23.9 Å². The van der Waals surface area contributed by atoms with Gasteiger partial charge in [-0.2, -0.15) is 9.78 Å². The van der Waals surface area contributed by atoms with Crippen LogP contribution in [0, 0.1) is 6.92 Å². The van der Waals surface area contributed by atoms with Gasteiger partial charge in [0.25, 0.3) is 11.5 Å². The Morgan fingerprint density at radius 2 is 1.80 bits per heavy atom. The van der Waals surface area contributed by atoms with Gasteiger partial charge in [-0.15, -0.1) is 0 Å². The molecule has 0 fully saturated rings. The SMILES string of the molecule is CCOc1cc(C=Nn2c(-c3cc4ccccc4o3)nc3ccccc3c2=O)cc(Cl)c1OCC(=O)Nc1ccccc1C. The summed E-state index contributed by atoms with van der Waals surface area (Å²) in [4.78, 5) is 30.9. The van der Waals surface area contributed by atoms with Crippen LogP contribution in [0.25, 0.3) is 33.5 Å². The second kappa shape index (κ2) is 12.4. The van der Waals surface area contributed by atoms with Crippen LogP contribution in [0.15, 0.2) is 105 Å². The average Bonchev–Trinajstić information content (AvgIpc) is 3.46. The Morgan fingerprint density at radius 3 is 2.61 bits per heavy atom. The van der Waals surface area contributed by atoms with Crippen LogP contribution in [0.4, 0.5) is 5.69 Å². The number of ether oxygens (including phenoxy) is 2. The summed E-state index contributed by atoms with van der Waals surface area (Å²) >= 11 is 6.61. The molecule has 0 atom stereocenters. The van der Waals surface area contributed by atoms with E-state index in [0.717, 1.165) is 10.9 Å². The van der Waals surface area contributed by atoms with Crippen LogP contribution in [0.5, 0.6) is 11.5 Å². The van der Waals surface area contributed by atoms with Crippen LogP contribution in [-0.4, -0.2) is 35.0 Å². The molecule has 0 bridgehead atoms. The van der Waals surface area contributed by atoms with E-state index < -0.39 is 0 Å². The van der Waals surface area contributed by atoms with Gasteiger partial charge in [0, 0.05) is 11.1 Å². The summed E-state index contributed by atoms with van der Waals surface area (Å²) in [5.41, 5.74) is 2.99. The highest BCUT2D eigenvalue weighted by Crippen LogP contribution is 2.36. The third-order valence-electron chi connectivity index (χ3n) is 6.82. The Hall–Kier alpha value is -5.41. The fraction of sp³-hybridized carbons (Fsp3) is 0.118. The highest BCUT2D eigenvalue weighted by Gasteiger charge is 2.18. The van der Waals surface area contributed by atoms with E-state index in [-0.39, 0.29) is 34.7 Å². The average molecular weight is 607 g/mol. The predicted octanol–water partition coefficient (Wildman–Crippen LogP) is 7.07. The monoisotopic (exact) mass is 606 g/mol. The van der Waals surface area contributed by atoms with E-state index in [0.29, 0.717) is 45.9 Å². The number of rotatable bonds is 9. The lowest BCUT2D eigenvalue weighted by Gasteiger charge is -2.15. The van der Waals surface area contributed by atoms with Crippen molar-refractivity contribution in [1.82, 2.24) is 9.66 Å². The van der Waals surface area contributed by atoms with Crippen LogP contribution in [0.2, 0.25) is 5.02 Å². The van der Waals surface area contributed by atoms with E-state index in [9.17, 15) is 9.59 Å². The minimum absolute atomic E-state index is 0.211. The molecule has 0 saturated heterocycles. The van der Waals surface area contributed by atoms with E-state index in [1.807, 2.05) is 74.5 Å². The van der Waals surface area contributed by atoms with Gasteiger partial charge in [-0.3, -0.25) is 9.59 Å². The lowest BCUT2D eigenvalue weighted by molar-refractivity contribution is -0.118. The summed E-state index contributed by atoms with van der Waals surface area (Å²) in [5, 5.41) is 8.83. The summed E-state index contributed by atoms with van der Waals surface area (Å²) in [6.45, 7) is 3.78. The van der Waals surface area contributed by atoms with Crippen molar-refractivity contribution in [3.63, 3.8) is 0 Å². The normalized spacial score (nSPS) is 11.3. The minimum atomic E-state index is -0.363. The molecule has 6 aromatic rings. The third kappa shape index (κ3) is 5.91. The molecular weight excluding hydrogens is 580 g/mol. The van der Waals surface area contributed by atoms with Crippen LogP contribution in [0.1, 0.15) is 18.1 Å². The Labute approximate surface area is 257 Å². The molecule has 220 valence electrons. The van der Waals surface area contributed by atoms with Crippen molar-refractivity contribution in [2.24, 2.45) is 5.10 Å². The van der Waals surface area contributed by atoms with Crippen LogP contribution in [-0.2, 0) is 4.79 Å². The number of hydrogen-bond donors (Lipinski definition) is 1. The Kier molecular flexibility index (Phi) is 8.12. The van der Waals surface area contributed by atoms with E-state index >= 15 is 0 Å². The lowest BCUT2D eigenvalue weighted by Crippen LogP contribution is -2.21. The summed E-state index contributed by atoms with van der Waals surface area (Å²) in [6.07, 6.45) is 1.48. The zero-order valence-corrected chi connectivity index (χ0v) is 24.7. The third-order valence-corrected chi connectivity index (χ3v) is 7.10. The van der Waals surface area contributed by atoms with E-state index in [1.165, 1.54) is 10.9 Å². The number of benzene rings is 4. The molecule has 4 aromatic carbocycles. The topological polar surface area (TPSA) is 108 Å². The van der Waals surface area contributed by atoms with Crippen molar-refractivity contribution in [3.05, 3.63) is 117 Å². The van der Waals surface area contributed by atoms with E-state index in [2.05, 4.69) is 10.4 Å². The molecule has 10 heteroatoms. The van der Waals surface area contributed by atoms with Crippen molar-refractivity contribution in [1.29, 1.82) is 0 Å². The number of fused-ring (bicyclic) bond motifs is 2. The number of hydrogen-bond acceptors (Lipinski definition) is 7. The summed E-state index contributed by atoms with van der Waals surface area (Å²) in [7, 11) is 0. The number of amides is 1. The maximum Gasteiger partial charge on any atom is 0.282 e. The minimum Gasteiger partial charge on any atom is -0.490 e. The standard InChI is InChI=1S/C34H27ClN4O5/c1-3-42-29-17-22(16-25(35)32(29)43-20-31(40)37-26-13-7-4-10-21(26)2)19-36-39-33(30-18-23-11-5-9-15-28(23)44-30)38-27-14-8-6-12-24(27)34(39)41/h4-19H,3,20H2,1-2H3,(H,37,40). The molecule has 0 aliphatic carbocycles. The van der Waals surface area contributed by atoms with Gasteiger partial charge in [-0.1, -0.05) is 60.1 Å². The summed E-state index contributed by atoms with van der Waals surface area (Å²) < 4.78 is 18.8. The number of anilines is 1. The fourth-order valence-corrected chi connectivity index (χ4v) is 4.98. The van der Waals surface area contributed by atoms with Crippen molar-refractivity contribution in [2.45, 2.75) is 13.8 Å². The first kappa shape index (κ1) is 28.7. The second-order valence-electron chi connectivity index (χ2n) is 9.88. The summed E-state index contributed by atoms with van der Waals surface area (Å²) in [5.74, 6) is 0.846. The first-order valence-electron chi connectivity index (χ1n) is 13.9. The number of aromatic nitrogens is 2. The van der Waals surface area contributed by atoms with Crippen molar-refractivity contribution < 1.29 is 18.7 Å². The number of halogens is 1. The largest absolute Gasteiger partial charge is 0.490 e. The number of furan rings is 1. The van der Waals surface area contributed by atoms with Gasteiger partial charge < -0.3 is 19.2 Å². The number of nitrogens with one attached hydrogen (secondary N) is 1. The molecule has 44 heavy (non-hydrogen) atoms. The first-order chi connectivity index (χ1) is 21.4. The highest BCUT2D eigenvalue weighted by molar-refractivity contribution is 6.32. The Balaban J connectivity index is 1.33. The van der Waals surface area contributed by atoms with Gasteiger partial charge in [-0.05, 0) is 67.4 Å². The molecular formula is C34H27ClN4O5. The lowest BCUT2D eigenvalue weighted by atomic mass is 10.2. The van der Waals surface area contributed by atoms with Crippen molar-refractivity contribution in [2.75, 3.05) is 18.5 Å². The zero-order chi connectivity index (χ0) is 30.6. The molecule has 0 aliphatic heterocycles. The molecule has 1 amide bonds. The second-order valence-corrected chi connectivity index (χ2v) is 10.3. The molecule has 2 heterocycles. The van der Waals surface area contributed by atoms with E-state index in [1.54, 1.807) is 30.3 Å². The molecule has 0 spiro atoms. The maximum atomic E-state index is 13.6. The number of para-hydroxylation sites is 3. The number of aryl methyl sites for hydroxylation is 1. The number of nitrogens with zero attached hydrogens (tertiary/aromatic N) is 3. The molecule has 0 saturated carbocycles. The van der Waals surface area contributed by atoms with Gasteiger partial charge in [0.05, 0.1) is 28.7 Å². The number of carbonyl (C=O) groups is 1. The molecule has 0 unspecified atom stereocenters. The van der Waals surface area contributed by atoms with Crippen LogP contribution < -0.4 is 20.3 Å². The van der Waals surface area contributed by atoms with E-state index in [4.69, 9.17) is 30.5 Å². The molecule has 0 aliphatic rings. The van der Waals surface area contributed by atoms with Gasteiger partial charge in [-0.25, -0.2) is 4.98 Å².